The molecule has 2 unspecified atom stereocenters. The lowest BCUT2D eigenvalue weighted by atomic mass is 9.47. The fourth-order valence-electron chi connectivity index (χ4n) is 7.03. The number of Topliss-reactive ketones (excluding diaryl/α,β-unsaturated/α-hetero) is 1. The topological polar surface area (TPSA) is 107 Å². The Morgan fingerprint density at radius 2 is 2.00 bits per heavy atom. The number of carbonyl (C=O) groups excluding carboxylic acids is 1. The van der Waals surface area contributed by atoms with Crippen molar-refractivity contribution in [2.75, 3.05) is 13.6 Å². The zero-order chi connectivity index (χ0) is 19.6. The van der Waals surface area contributed by atoms with Gasteiger partial charge in [0, 0.05) is 24.3 Å². The van der Waals surface area contributed by atoms with Gasteiger partial charge in [-0.3, -0.25) is 9.28 Å². The molecule has 4 N–H and O–H groups in total. The number of phenols is 1. The largest absolute Gasteiger partial charge is 0.504 e. The summed E-state index contributed by atoms with van der Waals surface area (Å²) in [4.78, 5) is 12.8. The van der Waals surface area contributed by atoms with E-state index in [-0.39, 0.29) is 48.5 Å². The van der Waals surface area contributed by atoms with Crippen molar-refractivity contribution in [1.82, 2.24) is 0 Å². The molecule has 0 aromatic heterocycles. The molecule has 1 spiro atoms. The predicted molar refractivity (Wildman–Crippen MR) is 103 cm³/mol. The first-order chi connectivity index (χ1) is 13.2. The summed E-state index contributed by atoms with van der Waals surface area (Å²) in [7, 11) is 1.93. The van der Waals surface area contributed by atoms with Crippen molar-refractivity contribution in [2.45, 2.75) is 67.6 Å². The second kappa shape index (κ2) is 5.52. The van der Waals surface area contributed by atoms with E-state index in [1.165, 1.54) is 6.07 Å². The number of likely N-dealkylation sites (N-methyl/N-ethyl adjacent to an activating group) is 1. The van der Waals surface area contributed by atoms with Crippen molar-refractivity contribution < 1.29 is 34.4 Å². The van der Waals surface area contributed by atoms with E-state index >= 15 is 0 Å². The van der Waals surface area contributed by atoms with Gasteiger partial charge in [0.2, 0.25) is 0 Å². The molecule has 29 heavy (non-hydrogen) atoms. The molecule has 2 bridgehead atoms. The number of carbonyl (C=O) groups is 1. The lowest BCUT2D eigenvalue weighted by Gasteiger charge is -2.66. The fourth-order valence-corrected chi connectivity index (χ4v) is 7.03. The van der Waals surface area contributed by atoms with E-state index < -0.39 is 35.5 Å². The van der Waals surface area contributed by atoms with E-state index in [0.29, 0.717) is 23.6 Å². The van der Waals surface area contributed by atoms with Gasteiger partial charge in [0.15, 0.2) is 35.7 Å². The monoisotopic (exact) mass is 403 g/mol. The molecule has 3 aliphatic carbocycles. The molecule has 6 rings (SSSR count). The summed E-state index contributed by atoms with van der Waals surface area (Å²) in [5.41, 5.74) is -1.39. The van der Waals surface area contributed by atoms with Gasteiger partial charge in [-0.2, -0.15) is 0 Å². The van der Waals surface area contributed by atoms with Crippen molar-refractivity contribution in [1.29, 1.82) is 0 Å². The molecule has 2 heterocycles. The third-order valence-electron chi connectivity index (χ3n) is 8.39. The van der Waals surface area contributed by atoms with Crippen LogP contribution in [-0.2, 0) is 10.2 Å². The van der Waals surface area contributed by atoms with Gasteiger partial charge in [-0.1, -0.05) is 6.07 Å². The highest BCUT2D eigenvalue weighted by atomic mass is 16.5. The Morgan fingerprint density at radius 1 is 1.28 bits per heavy atom. The van der Waals surface area contributed by atoms with Gasteiger partial charge in [0.05, 0.1) is 19.0 Å². The molecule has 0 amide bonds. The Hall–Kier alpha value is -1.67. The van der Waals surface area contributed by atoms with Crippen LogP contribution in [0.25, 0.3) is 0 Å². The first-order valence-corrected chi connectivity index (χ1v) is 10.2. The van der Waals surface area contributed by atoms with Gasteiger partial charge in [-0.15, -0.1) is 0 Å². The number of aromatic hydroxyl groups is 1. The highest BCUT2D eigenvalue weighted by Crippen LogP contribution is 2.68. The third kappa shape index (κ3) is 1.95. The Morgan fingerprint density at radius 3 is 2.69 bits per heavy atom. The maximum atomic E-state index is 12.8. The van der Waals surface area contributed by atoms with Crippen LogP contribution in [0.4, 0.5) is 0 Å². The second-order valence-corrected chi connectivity index (χ2v) is 9.79. The lowest BCUT2D eigenvalue weighted by molar-refractivity contribution is -0.996. The van der Waals surface area contributed by atoms with Crippen molar-refractivity contribution in [3.63, 3.8) is 0 Å². The van der Waals surface area contributed by atoms with Gasteiger partial charge in [0.25, 0.3) is 0 Å². The maximum absolute atomic E-state index is 12.8. The summed E-state index contributed by atoms with van der Waals surface area (Å²) < 4.78 is 6.14. The number of nitrogens with zero attached hydrogens (tertiary/aromatic N) is 1. The molecule has 3 fully saturated rings. The average molecular weight is 403 g/mol. The van der Waals surface area contributed by atoms with Crippen molar-refractivity contribution in [2.24, 2.45) is 5.92 Å². The first kappa shape index (κ1) is 19.3. The van der Waals surface area contributed by atoms with Crippen LogP contribution in [-0.4, -0.2) is 68.3 Å². The molecule has 0 radical (unpaired) electrons. The lowest BCUT2D eigenvalue weighted by Crippen LogP contribution is -2.84. The molecule has 2 aliphatic heterocycles. The molecule has 1 aromatic carbocycles. The van der Waals surface area contributed by atoms with Crippen LogP contribution >= 0.6 is 0 Å². The van der Waals surface area contributed by atoms with Crippen LogP contribution < -0.4 is 4.74 Å². The van der Waals surface area contributed by atoms with Crippen molar-refractivity contribution >= 4 is 5.78 Å². The minimum Gasteiger partial charge on any atom is -0.504 e. The van der Waals surface area contributed by atoms with Crippen LogP contribution in [0.15, 0.2) is 12.1 Å². The van der Waals surface area contributed by atoms with E-state index in [2.05, 4.69) is 0 Å². The molecular formula is C22H29NO6. The first-order valence-electron chi connectivity index (χ1n) is 10.2. The number of quaternary nitrogens is 1. The van der Waals surface area contributed by atoms with Gasteiger partial charge < -0.3 is 32.6 Å². The van der Waals surface area contributed by atoms with Crippen molar-refractivity contribution in [3.8, 4) is 11.5 Å². The normalized spacial score (nSPS) is 46.6. The minimum absolute atomic E-state index is 0. The Labute approximate surface area is 170 Å². The second-order valence-electron chi connectivity index (χ2n) is 9.79. The molecule has 1 saturated heterocycles. The van der Waals surface area contributed by atoms with Gasteiger partial charge >= 0.3 is 0 Å². The highest BCUT2D eigenvalue weighted by Gasteiger charge is 2.80. The van der Waals surface area contributed by atoms with Crippen LogP contribution in [0.2, 0.25) is 0 Å². The summed E-state index contributed by atoms with van der Waals surface area (Å²) >= 11 is 0. The van der Waals surface area contributed by atoms with E-state index in [1.54, 1.807) is 6.07 Å². The number of rotatable bonds is 2. The summed E-state index contributed by atoms with van der Waals surface area (Å²) in [6, 6.07) is 2.51. The van der Waals surface area contributed by atoms with Crippen LogP contribution in [0.3, 0.4) is 0 Å². The average Bonchev–Trinajstić information content (AvgIpc) is 3.37. The fraction of sp³-hybridized carbons (Fsp3) is 0.636. The number of aliphatic hydroxyl groups is 3. The zero-order valence-corrected chi connectivity index (χ0v) is 16.8. The number of ketones is 1. The molecule has 7 nitrogen and oxygen atoms in total. The maximum Gasteiger partial charge on any atom is 0.191 e. The molecule has 7 atom stereocenters. The van der Waals surface area contributed by atoms with Crippen molar-refractivity contribution in [3.05, 3.63) is 30.7 Å². The zero-order valence-electron chi connectivity index (χ0n) is 16.8. The Bertz CT molecular complexity index is 915. The standard InChI is InChI=1S/C21H25NO6.CH3/c1-22(9-10-2-3-10)14(25)8-20-15-11-4-5-12(23)17(15)28-19(20)13(24)6-7-21(20,27)18(22)16(11)26;/h4-5,10,14,16,18-19,25-27H,2-3,6-9H2,1H3;1H3/q;-1/p+1/t14?,16?,18-,19+,20+,21-,22+;/m1./s1. The van der Waals surface area contributed by atoms with Crippen LogP contribution in [0, 0.1) is 13.3 Å². The molecule has 1 aromatic rings. The molecule has 158 valence electrons. The number of likely N-dealkylation sites (tertiary alicyclic amines) is 1. The number of hydrogen-bond donors (Lipinski definition) is 4. The summed E-state index contributed by atoms with van der Waals surface area (Å²) in [5, 5.41) is 45.3. The van der Waals surface area contributed by atoms with Gasteiger partial charge in [-0.05, 0) is 30.9 Å². The quantitative estimate of drug-likeness (QED) is 0.432. The van der Waals surface area contributed by atoms with Crippen LogP contribution in [0.1, 0.15) is 49.3 Å². The van der Waals surface area contributed by atoms with E-state index in [0.717, 1.165) is 12.8 Å². The number of phenolic OH excluding ortho intramolecular Hbond substituents is 1. The molecular weight excluding hydrogens is 374 g/mol. The number of ether oxygens (including phenoxy) is 1. The SMILES string of the molecule is C[N@+]1(CC2CC2)C(O)C[C@]23c4c5ccc(O)c4O[C@H]2C(=O)CC[C@@]3(O)[C@H]1C5O.[CH3-]. The van der Waals surface area contributed by atoms with E-state index in [4.69, 9.17) is 4.74 Å². The van der Waals surface area contributed by atoms with Gasteiger partial charge in [-0.25, -0.2) is 0 Å². The summed E-state index contributed by atoms with van der Waals surface area (Å²) in [6.45, 7) is 0.695. The summed E-state index contributed by atoms with van der Waals surface area (Å²) in [5.74, 6) is 0.451. The van der Waals surface area contributed by atoms with Gasteiger partial charge in [0.1, 0.15) is 11.7 Å². The van der Waals surface area contributed by atoms with E-state index in [1.807, 2.05) is 7.05 Å². The van der Waals surface area contributed by atoms with E-state index in [9.17, 15) is 25.2 Å². The predicted octanol–water partition coefficient (Wildman–Crippen LogP) is 0.930. The third-order valence-corrected chi connectivity index (χ3v) is 8.39. The number of hydrogen-bond acceptors (Lipinski definition) is 6. The minimum atomic E-state index is -1.39. The summed E-state index contributed by atoms with van der Waals surface area (Å²) in [6.07, 6.45) is -0.00987. The van der Waals surface area contributed by atoms with Crippen LogP contribution in [0.5, 0.6) is 11.5 Å². The smallest absolute Gasteiger partial charge is 0.191 e. The number of aliphatic hydroxyl groups excluding tert-OH is 2. The molecule has 7 heteroatoms. The Balaban J connectivity index is 0.00000181. The molecule has 5 aliphatic rings. The number of benzene rings is 1. The molecule has 2 saturated carbocycles. The number of piperidine rings is 1. The Kier molecular flexibility index (Phi) is 3.67. The highest BCUT2D eigenvalue weighted by molar-refractivity contribution is 5.90.